The first-order valence-electron chi connectivity index (χ1n) is 9.21. The second-order valence-corrected chi connectivity index (χ2v) is 6.44. The molecule has 1 atom stereocenters. The Hall–Kier alpha value is -3.08. The molecule has 1 heterocycles. The third kappa shape index (κ3) is 4.19. The highest BCUT2D eigenvalue weighted by Gasteiger charge is 2.19. The molecule has 0 saturated carbocycles. The van der Waals surface area contributed by atoms with E-state index in [-0.39, 0.29) is 11.9 Å². The van der Waals surface area contributed by atoms with E-state index < -0.39 is 0 Å². The standard InChI is InChI=1S/C22H25N3O2/c1-4-14-25-20(22(26)23-16(2)17-10-6-5-7-11-17)15-19(24-25)18-12-8-9-13-21(18)27-3/h5-13,15-16H,4,14H2,1-3H3,(H,23,26). The Bertz CT molecular complexity index is 903. The van der Waals surface area contributed by atoms with Gasteiger partial charge in [-0.15, -0.1) is 0 Å². The fourth-order valence-corrected chi connectivity index (χ4v) is 3.07. The number of benzene rings is 2. The van der Waals surface area contributed by atoms with Gasteiger partial charge in [-0.2, -0.15) is 5.10 Å². The number of aromatic nitrogens is 2. The average Bonchev–Trinajstić information content (AvgIpc) is 3.12. The van der Waals surface area contributed by atoms with E-state index in [1.165, 1.54) is 0 Å². The fourth-order valence-electron chi connectivity index (χ4n) is 3.07. The van der Waals surface area contributed by atoms with Crippen molar-refractivity contribution in [3.05, 3.63) is 71.9 Å². The van der Waals surface area contributed by atoms with Crippen LogP contribution in [0, 0.1) is 0 Å². The van der Waals surface area contributed by atoms with Crippen LogP contribution in [0.15, 0.2) is 60.7 Å². The second-order valence-electron chi connectivity index (χ2n) is 6.44. The van der Waals surface area contributed by atoms with Crippen LogP contribution in [0.1, 0.15) is 42.4 Å². The maximum Gasteiger partial charge on any atom is 0.270 e. The minimum atomic E-state index is -0.131. The van der Waals surface area contributed by atoms with Gasteiger partial charge in [0.1, 0.15) is 11.4 Å². The maximum absolute atomic E-state index is 12.9. The number of ether oxygens (including phenoxy) is 1. The largest absolute Gasteiger partial charge is 0.496 e. The number of amides is 1. The smallest absolute Gasteiger partial charge is 0.270 e. The van der Waals surface area contributed by atoms with Crippen molar-refractivity contribution in [3.8, 4) is 17.0 Å². The zero-order valence-electron chi connectivity index (χ0n) is 16.0. The summed E-state index contributed by atoms with van der Waals surface area (Å²) in [6.07, 6.45) is 0.890. The summed E-state index contributed by atoms with van der Waals surface area (Å²) in [6, 6.07) is 19.4. The summed E-state index contributed by atoms with van der Waals surface area (Å²) >= 11 is 0. The van der Waals surface area contributed by atoms with E-state index in [4.69, 9.17) is 4.74 Å². The molecule has 0 aliphatic heterocycles. The molecule has 1 N–H and O–H groups in total. The molecule has 0 fully saturated rings. The lowest BCUT2D eigenvalue weighted by atomic mass is 10.1. The van der Waals surface area contributed by atoms with E-state index in [1.807, 2.05) is 67.6 Å². The quantitative estimate of drug-likeness (QED) is 0.674. The van der Waals surface area contributed by atoms with Crippen molar-refractivity contribution in [2.45, 2.75) is 32.9 Å². The Morgan fingerprint density at radius 3 is 2.56 bits per heavy atom. The van der Waals surface area contributed by atoms with Crippen molar-refractivity contribution >= 4 is 5.91 Å². The molecule has 0 aliphatic carbocycles. The summed E-state index contributed by atoms with van der Waals surface area (Å²) in [6.45, 7) is 4.73. The summed E-state index contributed by atoms with van der Waals surface area (Å²) < 4.78 is 7.21. The normalized spacial score (nSPS) is 11.8. The molecule has 0 aliphatic rings. The molecule has 140 valence electrons. The fraction of sp³-hybridized carbons (Fsp3) is 0.273. The van der Waals surface area contributed by atoms with Gasteiger partial charge in [0.25, 0.3) is 5.91 Å². The summed E-state index contributed by atoms with van der Waals surface area (Å²) in [7, 11) is 1.64. The Kier molecular flexibility index (Phi) is 5.91. The van der Waals surface area contributed by atoms with Gasteiger partial charge in [0.2, 0.25) is 0 Å². The van der Waals surface area contributed by atoms with Gasteiger partial charge in [0.05, 0.1) is 18.8 Å². The third-order valence-electron chi connectivity index (χ3n) is 4.48. The molecule has 27 heavy (non-hydrogen) atoms. The van der Waals surface area contributed by atoms with Gasteiger partial charge in [-0.3, -0.25) is 9.48 Å². The van der Waals surface area contributed by atoms with Crippen LogP contribution in [0.2, 0.25) is 0 Å². The van der Waals surface area contributed by atoms with Crippen molar-refractivity contribution in [1.29, 1.82) is 0 Å². The molecular weight excluding hydrogens is 338 g/mol. The van der Waals surface area contributed by atoms with Crippen LogP contribution in [-0.4, -0.2) is 22.8 Å². The number of hydrogen-bond donors (Lipinski definition) is 1. The summed E-state index contributed by atoms with van der Waals surface area (Å²) in [5, 5.41) is 7.73. The number of nitrogens with zero attached hydrogens (tertiary/aromatic N) is 2. The van der Waals surface area contributed by atoms with E-state index in [9.17, 15) is 4.79 Å². The monoisotopic (exact) mass is 363 g/mol. The zero-order valence-corrected chi connectivity index (χ0v) is 16.0. The first-order chi connectivity index (χ1) is 13.1. The lowest BCUT2D eigenvalue weighted by molar-refractivity contribution is 0.0928. The van der Waals surface area contributed by atoms with Crippen molar-refractivity contribution in [2.24, 2.45) is 0 Å². The van der Waals surface area contributed by atoms with Gasteiger partial charge in [0, 0.05) is 12.1 Å². The Labute approximate surface area is 160 Å². The minimum Gasteiger partial charge on any atom is -0.496 e. The number of aryl methyl sites for hydroxylation is 1. The highest BCUT2D eigenvalue weighted by Crippen LogP contribution is 2.29. The SMILES string of the molecule is CCCn1nc(-c2ccccc2OC)cc1C(=O)NC(C)c1ccccc1. The zero-order chi connectivity index (χ0) is 19.2. The summed E-state index contributed by atoms with van der Waals surface area (Å²) in [4.78, 5) is 12.9. The Morgan fingerprint density at radius 1 is 1.15 bits per heavy atom. The van der Waals surface area contributed by atoms with E-state index >= 15 is 0 Å². The van der Waals surface area contributed by atoms with E-state index in [0.717, 1.165) is 29.0 Å². The molecule has 3 aromatic rings. The number of hydrogen-bond acceptors (Lipinski definition) is 3. The van der Waals surface area contributed by atoms with Crippen molar-refractivity contribution in [2.75, 3.05) is 7.11 Å². The molecule has 1 amide bonds. The van der Waals surface area contributed by atoms with E-state index in [1.54, 1.807) is 11.8 Å². The number of nitrogens with one attached hydrogen (secondary N) is 1. The van der Waals surface area contributed by atoms with Crippen LogP contribution in [0.25, 0.3) is 11.3 Å². The summed E-state index contributed by atoms with van der Waals surface area (Å²) in [5.74, 6) is 0.608. The minimum absolute atomic E-state index is 0.0848. The maximum atomic E-state index is 12.9. The van der Waals surface area contributed by atoms with Crippen LogP contribution < -0.4 is 10.1 Å². The molecule has 2 aromatic carbocycles. The average molecular weight is 363 g/mol. The Morgan fingerprint density at radius 2 is 1.85 bits per heavy atom. The first-order valence-corrected chi connectivity index (χ1v) is 9.21. The van der Waals surface area contributed by atoms with Gasteiger partial charge in [-0.05, 0) is 37.1 Å². The second kappa shape index (κ2) is 8.54. The van der Waals surface area contributed by atoms with Gasteiger partial charge in [-0.1, -0.05) is 49.4 Å². The van der Waals surface area contributed by atoms with Crippen molar-refractivity contribution < 1.29 is 9.53 Å². The Balaban J connectivity index is 1.90. The molecule has 1 unspecified atom stereocenters. The topological polar surface area (TPSA) is 56.2 Å². The predicted octanol–water partition coefficient (Wildman–Crippen LogP) is 4.46. The van der Waals surface area contributed by atoms with Gasteiger partial charge in [-0.25, -0.2) is 0 Å². The lowest BCUT2D eigenvalue weighted by Crippen LogP contribution is -2.28. The van der Waals surface area contributed by atoms with Crippen molar-refractivity contribution in [3.63, 3.8) is 0 Å². The molecule has 5 heteroatoms. The van der Waals surface area contributed by atoms with Crippen LogP contribution in [0.4, 0.5) is 0 Å². The molecule has 0 saturated heterocycles. The highest BCUT2D eigenvalue weighted by molar-refractivity contribution is 5.94. The lowest BCUT2D eigenvalue weighted by Gasteiger charge is -2.14. The van der Waals surface area contributed by atoms with Gasteiger partial charge >= 0.3 is 0 Å². The molecule has 0 spiro atoms. The number of carbonyl (C=O) groups excluding carboxylic acids is 1. The molecule has 1 aromatic heterocycles. The number of rotatable bonds is 7. The molecule has 5 nitrogen and oxygen atoms in total. The van der Waals surface area contributed by atoms with E-state index in [2.05, 4.69) is 17.3 Å². The predicted molar refractivity (Wildman–Crippen MR) is 107 cm³/mol. The van der Waals surface area contributed by atoms with Crippen LogP contribution in [0.3, 0.4) is 0 Å². The third-order valence-corrected chi connectivity index (χ3v) is 4.48. The molecule has 0 radical (unpaired) electrons. The van der Waals surface area contributed by atoms with Crippen LogP contribution >= 0.6 is 0 Å². The van der Waals surface area contributed by atoms with Gasteiger partial charge < -0.3 is 10.1 Å². The number of para-hydroxylation sites is 1. The van der Waals surface area contributed by atoms with E-state index in [0.29, 0.717) is 12.2 Å². The molecular formula is C22H25N3O2. The molecule has 0 bridgehead atoms. The highest BCUT2D eigenvalue weighted by atomic mass is 16.5. The molecule has 3 rings (SSSR count). The number of carbonyl (C=O) groups is 1. The number of methoxy groups -OCH3 is 1. The van der Waals surface area contributed by atoms with Crippen LogP contribution in [-0.2, 0) is 6.54 Å². The van der Waals surface area contributed by atoms with Gasteiger partial charge in [0.15, 0.2) is 0 Å². The summed E-state index contributed by atoms with van der Waals surface area (Å²) in [5.41, 5.74) is 3.23. The van der Waals surface area contributed by atoms with Crippen molar-refractivity contribution in [1.82, 2.24) is 15.1 Å². The van der Waals surface area contributed by atoms with Crippen LogP contribution in [0.5, 0.6) is 5.75 Å². The first kappa shape index (κ1) is 18.7.